The van der Waals surface area contributed by atoms with E-state index in [9.17, 15) is 13.2 Å². The SMILES string of the molecule is CCS(=O)(=O)c1ccc(NC(=O)CCc2cccc(OC3CCCC3)c2)cc1. The number of carbonyl (C=O) groups is 1. The first-order chi connectivity index (χ1) is 13.5. The quantitative estimate of drug-likeness (QED) is 0.713. The predicted octanol–water partition coefficient (Wildman–Crippen LogP) is 4.37. The molecule has 0 aliphatic heterocycles. The van der Waals surface area contributed by atoms with E-state index in [4.69, 9.17) is 4.74 Å². The first-order valence-corrected chi connectivity index (χ1v) is 11.5. The van der Waals surface area contributed by atoms with E-state index in [1.165, 1.54) is 25.0 Å². The zero-order valence-electron chi connectivity index (χ0n) is 16.2. The molecule has 1 aliphatic rings. The Morgan fingerprint density at radius 3 is 2.50 bits per heavy atom. The van der Waals surface area contributed by atoms with Crippen LogP contribution in [0.4, 0.5) is 5.69 Å². The summed E-state index contributed by atoms with van der Waals surface area (Å²) < 4.78 is 29.7. The van der Waals surface area contributed by atoms with E-state index in [0.717, 1.165) is 24.2 Å². The molecule has 150 valence electrons. The van der Waals surface area contributed by atoms with E-state index in [1.54, 1.807) is 19.1 Å². The lowest BCUT2D eigenvalue weighted by molar-refractivity contribution is -0.116. The fraction of sp³-hybridized carbons (Fsp3) is 0.409. The summed E-state index contributed by atoms with van der Waals surface area (Å²) in [7, 11) is -3.23. The summed E-state index contributed by atoms with van der Waals surface area (Å²) in [4.78, 5) is 12.5. The summed E-state index contributed by atoms with van der Waals surface area (Å²) in [5.41, 5.74) is 1.66. The highest BCUT2D eigenvalue weighted by atomic mass is 32.2. The number of rotatable bonds is 8. The Labute approximate surface area is 167 Å². The Kier molecular flexibility index (Phi) is 6.73. The second-order valence-electron chi connectivity index (χ2n) is 7.15. The van der Waals surface area contributed by atoms with Crippen LogP contribution < -0.4 is 10.1 Å². The number of aryl methyl sites for hydroxylation is 1. The van der Waals surface area contributed by atoms with Gasteiger partial charge in [0.25, 0.3) is 0 Å². The molecule has 28 heavy (non-hydrogen) atoms. The second kappa shape index (κ2) is 9.24. The molecule has 1 amide bonds. The Bertz CT molecular complexity index is 900. The van der Waals surface area contributed by atoms with Crippen LogP contribution in [-0.2, 0) is 21.1 Å². The van der Waals surface area contributed by atoms with Crippen molar-refractivity contribution in [2.24, 2.45) is 0 Å². The van der Waals surface area contributed by atoms with Gasteiger partial charge in [-0.25, -0.2) is 8.42 Å². The summed E-state index contributed by atoms with van der Waals surface area (Å²) in [6.45, 7) is 1.61. The molecule has 5 nitrogen and oxygen atoms in total. The molecule has 2 aromatic carbocycles. The summed E-state index contributed by atoms with van der Waals surface area (Å²) >= 11 is 0. The Hall–Kier alpha value is -2.34. The van der Waals surface area contributed by atoms with Crippen LogP contribution in [0, 0.1) is 0 Å². The maximum Gasteiger partial charge on any atom is 0.224 e. The lowest BCUT2D eigenvalue weighted by atomic mass is 10.1. The number of nitrogens with one attached hydrogen (secondary N) is 1. The second-order valence-corrected chi connectivity index (χ2v) is 9.43. The average molecular weight is 402 g/mol. The zero-order chi connectivity index (χ0) is 20.0. The molecular formula is C22H27NO4S. The van der Waals surface area contributed by atoms with Crippen LogP contribution in [0.15, 0.2) is 53.4 Å². The van der Waals surface area contributed by atoms with E-state index >= 15 is 0 Å². The third-order valence-electron chi connectivity index (χ3n) is 5.02. The first kappa shape index (κ1) is 20.4. The van der Waals surface area contributed by atoms with Gasteiger partial charge in [-0.2, -0.15) is 0 Å². The number of carbonyl (C=O) groups excluding carboxylic acids is 1. The zero-order valence-corrected chi connectivity index (χ0v) is 17.0. The van der Waals surface area contributed by atoms with Gasteiger partial charge in [0.15, 0.2) is 9.84 Å². The van der Waals surface area contributed by atoms with Gasteiger partial charge in [0.1, 0.15) is 5.75 Å². The molecule has 0 bridgehead atoms. The Balaban J connectivity index is 1.51. The number of benzene rings is 2. The van der Waals surface area contributed by atoms with Gasteiger partial charge in [-0.3, -0.25) is 4.79 Å². The smallest absolute Gasteiger partial charge is 0.224 e. The number of ether oxygens (including phenoxy) is 1. The molecule has 0 aromatic heterocycles. The van der Waals surface area contributed by atoms with Crippen molar-refractivity contribution in [1.82, 2.24) is 0 Å². The normalized spacial score (nSPS) is 14.8. The molecule has 0 radical (unpaired) electrons. The highest BCUT2D eigenvalue weighted by Gasteiger charge is 2.16. The van der Waals surface area contributed by atoms with E-state index < -0.39 is 9.84 Å². The van der Waals surface area contributed by atoms with E-state index in [2.05, 4.69) is 5.32 Å². The van der Waals surface area contributed by atoms with Gasteiger partial charge >= 0.3 is 0 Å². The third kappa shape index (κ3) is 5.58. The fourth-order valence-electron chi connectivity index (χ4n) is 3.37. The van der Waals surface area contributed by atoms with Crippen LogP contribution >= 0.6 is 0 Å². The third-order valence-corrected chi connectivity index (χ3v) is 6.77. The monoisotopic (exact) mass is 401 g/mol. The molecule has 0 heterocycles. The Morgan fingerprint density at radius 1 is 1.11 bits per heavy atom. The van der Waals surface area contributed by atoms with Crippen molar-refractivity contribution in [3.8, 4) is 5.75 Å². The number of hydrogen-bond acceptors (Lipinski definition) is 4. The summed E-state index contributed by atoms with van der Waals surface area (Å²) in [5, 5.41) is 2.82. The fourth-order valence-corrected chi connectivity index (χ4v) is 4.25. The molecule has 6 heteroatoms. The van der Waals surface area contributed by atoms with Crippen LogP contribution in [0.3, 0.4) is 0 Å². The number of hydrogen-bond donors (Lipinski definition) is 1. The molecule has 1 N–H and O–H groups in total. The molecule has 1 saturated carbocycles. The van der Waals surface area contributed by atoms with E-state index in [0.29, 0.717) is 24.6 Å². The average Bonchev–Trinajstić information content (AvgIpc) is 3.20. The van der Waals surface area contributed by atoms with Crippen molar-refractivity contribution >= 4 is 21.4 Å². The number of amides is 1. The first-order valence-electron chi connectivity index (χ1n) is 9.84. The predicted molar refractivity (Wildman–Crippen MR) is 110 cm³/mol. The largest absolute Gasteiger partial charge is 0.490 e. The molecular weight excluding hydrogens is 374 g/mol. The van der Waals surface area contributed by atoms with Crippen molar-refractivity contribution in [3.63, 3.8) is 0 Å². The van der Waals surface area contributed by atoms with Crippen LogP contribution in [0.5, 0.6) is 5.75 Å². The minimum Gasteiger partial charge on any atom is -0.490 e. The minimum absolute atomic E-state index is 0.0578. The summed E-state index contributed by atoms with van der Waals surface area (Å²) in [6.07, 6.45) is 5.98. The van der Waals surface area contributed by atoms with Crippen molar-refractivity contribution in [2.45, 2.75) is 56.4 Å². The molecule has 0 saturated heterocycles. The minimum atomic E-state index is -3.23. The van der Waals surface area contributed by atoms with Gasteiger partial charge in [0, 0.05) is 12.1 Å². The maximum absolute atomic E-state index is 12.2. The van der Waals surface area contributed by atoms with Crippen LogP contribution in [-0.4, -0.2) is 26.2 Å². The molecule has 0 atom stereocenters. The highest BCUT2D eigenvalue weighted by Crippen LogP contribution is 2.25. The van der Waals surface area contributed by atoms with Gasteiger partial charge in [0.05, 0.1) is 16.8 Å². The van der Waals surface area contributed by atoms with E-state index in [-0.39, 0.29) is 16.6 Å². The standard InChI is InChI=1S/C22H27NO4S/c1-2-28(25,26)21-13-11-18(12-14-21)23-22(24)15-10-17-6-5-9-20(16-17)27-19-7-3-4-8-19/h5-6,9,11-14,16,19H,2-4,7-8,10,15H2,1H3,(H,23,24). The van der Waals surface area contributed by atoms with E-state index in [1.807, 2.05) is 24.3 Å². The Morgan fingerprint density at radius 2 is 1.82 bits per heavy atom. The van der Waals surface area contributed by atoms with Crippen LogP contribution in [0.2, 0.25) is 0 Å². The van der Waals surface area contributed by atoms with Crippen molar-refractivity contribution in [2.75, 3.05) is 11.1 Å². The van der Waals surface area contributed by atoms with Crippen molar-refractivity contribution < 1.29 is 17.9 Å². The lowest BCUT2D eigenvalue weighted by Gasteiger charge is -2.14. The molecule has 0 spiro atoms. The molecule has 3 rings (SSSR count). The topological polar surface area (TPSA) is 72.5 Å². The van der Waals surface area contributed by atoms with Crippen LogP contribution in [0.1, 0.15) is 44.6 Å². The maximum atomic E-state index is 12.2. The van der Waals surface area contributed by atoms with Crippen molar-refractivity contribution in [3.05, 3.63) is 54.1 Å². The van der Waals surface area contributed by atoms with Gasteiger partial charge in [-0.15, -0.1) is 0 Å². The lowest BCUT2D eigenvalue weighted by Crippen LogP contribution is -2.13. The van der Waals surface area contributed by atoms with Gasteiger partial charge in [-0.05, 0) is 74.1 Å². The molecule has 1 fully saturated rings. The van der Waals surface area contributed by atoms with Gasteiger partial charge < -0.3 is 10.1 Å². The molecule has 1 aliphatic carbocycles. The molecule has 2 aromatic rings. The summed E-state index contributed by atoms with van der Waals surface area (Å²) in [5.74, 6) is 0.827. The molecule has 0 unspecified atom stereocenters. The number of sulfone groups is 1. The summed E-state index contributed by atoms with van der Waals surface area (Å²) in [6, 6.07) is 14.2. The highest BCUT2D eigenvalue weighted by molar-refractivity contribution is 7.91. The van der Waals surface area contributed by atoms with Crippen LogP contribution in [0.25, 0.3) is 0 Å². The van der Waals surface area contributed by atoms with Gasteiger partial charge in [-0.1, -0.05) is 19.1 Å². The van der Waals surface area contributed by atoms with Crippen molar-refractivity contribution in [1.29, 1.82) is 0 Å². The van der Waals surface area contributed by atoms with Gasteiger partial charge in [0.2, 0.25) is 5.91 Å². The number of anilines is 1.